The maximum absolute atomic E-state index is 12.9. The Morgan fingerprint density at radius 2 is 2.00 bits per heavy atom. The van der Waals surface area contributed by atoms with E-state index in [0.717, 1.165) is 24.3 Å². The van der Waals surface area contributed by atoms with Gasteiger partial charge in [-0.1, -0.05) is 38.8 Å². The number of unbranched alkanes of at least 4 members (excludes halogenated alkanes) is 3. The fourth-order valence-corrected chi connectivity index (χ4v) is 3.21. The number of nitrogens with two attached hydrogens (primary N) is 1. The SMILES string of the molecule is CCCCCC[NH2+][C@@H](CC)c1nc2ccccc2c(=O)n1CCOC. The fourth-order valence-electron chi connectivity index (χ4n) is 3.21. The van der Waals surface area contributed by atoms with Crippen molar-refractivity contribution in [1.29, 1.82) is 0 Å². The molecule has 1 aromatic carbocycles. The number of ether oxygens (including phenoxy) is 1. The normalized spacial score (nSPS) is 12.6. The molecule has 0 bridgehead atoms. The highest BCUT2D eigenvalue weighted by Gasteiger charge is 2.21. The van der Waals surface area contributed by atoms with Crippen LogP contribution in [0.15, 0.2) is 29.1 Å². The molecule has 0 aliphatic carbocycles. The highest BCUT2D eigenvalue weighted by Crippen LogP contribution is 2.14. The number of fused-ring (bicyclic) bond motifs is 1. The van der Waals surface area contributed by atoms with E-state index in [2.05, 4.69) is 19.2 Å². The molecule has 138 valence electrons. The molecule has 25 heavy (non-hydrogen) atoms. The number of aromatic nitrogens is 2. The Kier molecular flexibility index (Phi) is 8.09. The van der Waals surface area contributed by atoms with E-state index >= 15 is 0 Å². The zero-order valence-electron chi connectivity index (χ0n) is 15.8. The quantitative estimate of drug-likeness (QED) is 0.636. The number of nitrogens with zero attached hydrogens (tertiary/aromatic N) is 2. The van der Waals surface area contributed by atoms with Crippen molar-refractivity contribution in [1.82, 2.24) is 9.55 Å². The number of para-hydroxylation sites is 1. The summed E-state index contributed by atoms with van der Waals surface area (Å²) in [7, 11) is 1.66. The molecule has 5 heteroatoms. The predicted molar refractivity (Wildman–Crippen MR) is 102 cm³/mol. The molecular formula is C20H32N3O2+. The Labute approximate surface area is 150 Å². The topological polar surface area (TPSA) is 60.7 Å². The van der Waals surface area contributed by atoms with E-state index in [1.807, 2.05) is 28.8 Å². The van der Waals surface area contributed by atoms with Crippen LogP contribution in [0, 0.1) is 0 Å². The lowest BCUT2D eigenvalue weighted by atomic mass is 10.1. The molecule has 0 saturated heterocycles. The summed E-state index contributed by atoms with van der Waals surface area (Å²) in [6, 6.07) is 7.81. The number of hydrogen-bond acceptors (Lipinski definition) is 3. The lowest BCUT2D eigenvalue weighted by Gasteiger charge is -2.19. The van der Waals surface area contributed by atoms with E-state index in [9.17, 15) is 4.79 Å². The van der Waals surface area contributed by atoms with Gasteiger partial charge in [0.15, 0.2) is 5.82 Å². The zero-order valence-corrected chi connectivity index (χ0v) is 15.8. The molecule has 0 fully saturated rings. The van der Waals surface area contributed by atoms with Crippen LogP contribution in [0.4, 0.5) is 0 Å². The smallest absolute Gasteiger partial charge is 0.261 e. The van der Waals surface area contributed by atoms with E-state index in [1.165, 1.54) is 25.7 Å². The van der Waals surface area contributed by atoms with Crippen molar-refractivity contribution < 1.29 is 10.1 Å². The standard InChI is InChI=1S/C20H31N3O2/c1-4-6-7-10-13-21-17(5-2)19-22-18-12-9-8-11-16(18)20(24)23(19)14-15-25-3/h8-9,11-12,17,21H,4-7,10,13-15H2,1-3H3/p+1/t17-/m0/s1. The third-order valence-electron chi connectivity index (χ3n) is 4.69. The third-order valence-corrected chi connectivity index (χ3v) is 4.69. The molecule has 0 amide bonds. The van der Waals surface area contributed by atoms with E-state index in [-0.39, 0.29) is 11.6 Å². The molecule has 0 unspecified atom stereocenters. The zero-order chi connectivity index (χ0) is 18.1. The molecule has 2 aromatic rings. The first-order chi connectivity index (χ1) is 12.2. The molecule has 0 spiro atoms. The summed E-state index contributed by atoms with van der Waals surface area (Å²) >= 11 is 0. The van der Waals surface area contributed by atoms with Gasteiger partial charge in [0, 0.05) is 13.5 Å². The van der Waals surface area contributed by atoms with Gasteiger partial charge in [-0.05, 0) is 25.0 Å². The van der Waals surface area contributed by atoms with Gasteiger partial charge in [0.2, 0.25) is 0 Å². The number of hydrogen-bond donors (Lipinski definition) is 1. The Morgan fingerprint density at radius 3 is 2.72 bits per heavy atom. The average Bonchev–Trinajstić information content (AvgIpc) is 2.64. The van der Waals surface area contributed by atoms with Gasteiger partial charge >= 0.3 is 0 Å². The lowest BCUT2D eigenvalue weighted by molar-refractivity contribution is -0.698. The molecule has 1 atom stereocenters. The molecular weight excluding hydrogens is 314 g/mol. The van der Waals surface area contributed by atoms with E-state index < -0.39 is 0 Å². The first kappa shape index (κ1) is 19.6. The van der Waals surface area contributed by atoms with Gasteiger partial charge in [0.1, 0.15) is 6.04 Å². The van der Waals surface area contributed by atoms with Crippen molar-refractivity contribution in [2.75, 3.05) is 20.3 Å². The van der Waals surface area contributed by atoms with Crippen molar-refractivity contribution in [2.24, 2.45) is 0 Å². The first-order valence-corrected chi connectivity index (χ1v) is 9.54. The summed E-state index contributed by atoms with van der Waals surface area (Å²) in [6.45, 7) is 6.52. The molecule has 2 rings (SSSR count). The van der Waals surface area contributed by atoms with Crippen LogP contribution in [0.3, 0.4) is 0 Å². The fraction of sp³-hybridized carbons (Fsp3) is 0.600. The monoisotopic (exact) mass is 346 g/mol. The van der Waals surface area contributed by atoms with Crippen LogP contribution in [0.25, 0.3) is 10.9 Å². The predicted octanol–water partition coefficient (Wildman–Crippen LogP) is 2.64. The van der Waals surface area contributed by atoms with Crippen molar-refractivity contribution >= 4 is 10.9 Å². The van der Waals surface area contributed by atoms with Gasteiger partial charge in [-0.3, -0.25) is 9.36 Å². The Bertz CT molecular complexity index is 712. The molecule has 1 heterocycles. The summed E-state index contributed by atoms with van der Waals surface area (Å²) in [5, 5.41) is 3.02. The van der Waals surface area contributed by atoms with Gasteiger partial charge < -0.3 is 10.1 Å². The molecule has 0 aliphatic heterocycles. The number of benzene rings is 1. The first-order valence-electron chi connectivity index (χ1n) is 9.54. The van der Waals surface area contributed by atoms with Gasteiger partial charge in [-0.2, -0.15) is 0 Å². The van der Waals surface area contributed by atoms with Crippen molar-refractivity contribution in [2.45, 2.75) is 58.5 Å². The summed E-state index contributed by atoms with van der Waals surface area (Å²) in [6.07, 6.45) is 5.97. The molecule has 2 N–H and O–H groups in total. The second kappa shape index (κ2) is 10.3. The molecule has 1 aromatic heterocycles. The van der Waals surface area contributed by atoms with Crippen LogP contribution in [0.2, 0.25) is 0 Å². The molecule has 5 nitrogen and oxygen atoms in total. The van der Waals surface area contributed by atoms with Crippen molar-refractivity contribution in [3.8, 4) is 0 Å². The molecule has 0 aliphatic rings. The second-order valence-electron chi connectivity index (χ2n) is 6.54. The summed E-state index contributed by atoms with van der Waals surface area (Å²) < 4.78 is 7.02. The largest absolute Gasteiger partial charge is 0.383 e. The van der Waals surface area contributed by atoms with E-state index in [1.54, 1.807) is 7.11 Å². The number of rotatable bonds is 11. The van der Waals surface area contributed by atoms with E-state index in [0.29, 0.717) is 18.5 Å². The molecule has 0 radical (unpaired) electrons. The van der Waals surface area contributed by atoms with E-state index in [4.69, 9.17) is 9.72 Å². The summed E-state index contributed by atoms with van der Waals surface area (Å²) in [5.41, 5.74) is 0.824. The minimum Gasteiger partial charge on any atom is -0.383 e. The summed E-state index contributed by atoms with van der Waals surface area (Å²) in [4.78, 5) is 17.8. The number of quaternary nitrogens is 1. The maximum atomic E-state index is 12.9. The lowest BCUT2D eigenvalue weighted by Crippen LogP contribution is -2.85. The number of methoxy groups -OCH3 is 1. The maximum Gasteiger partial charge on any atom is 0.261 e. The average molecular weight is 346 g/mol. The van der Waals surface area contributed by atoms with Gasteiger partial charge in [0.25, 0.3) is 5.56 Å². The minimum absolute atomic E-state index is 0.0375. The third kappa shape index (κ3) is 5.13. The Morgan fingerprint density at radius 1 is 1.20 bits per heavy atom. The van der Waals surface area contributed by atoms with Crippen LogP contribution in [0.5, 0.6) is 0 Å². The van der Waals surface area contributed by atoms with Crippen LogP contribution in [0.1, 0.15) is 57.8 Å². The Balaban J connectivity index is 2.30. The molecule has 0 saturated carbocycles. The van der Waals surface area contributed by atoms with Crippen LogP contribution >= 0.6 is 0 Å². The highest BCUT2D eigenvalue weighted by atomic mass is 16.5. The second-order valence-corrected chi connectivity index (χ2v) is 6.54. The minimum atomic E-state index is 0.0375. The van der Waals surface area contributed by atoms with Gasteiger partial charge in [0.05, 0.1) is 30.6 Å². The summed E-state index contributed by atoms with van der Waals surface area (Å²) in [5.74, 6) is 0.874. The van der Waals surface area contributed by atoms with Crippen LogP contribution < -0.4 is 10.9 Å². The van der Waals surface area contributed by atoms with Crippen LogP contribution in [-0.2, 0) is 11.3 Å². The Hall–Kier alpha value is -1.72. The van der Waals surface area contributed by atoms with Crippen LogP contribution in [-0.4, -0.2) is 29.8 Å². The van der Waals surface area contributed by atoms with Gasteiger partial charge in [-0.15, -0.1) is 0 Å². The van der Waals surface area contributed by atoms with Crippen molar-refractivity contribution in [3.05, 3.63) is 40.4 Å². The van der Waals surface area contributed by atoms with Crippen molar-refractivity contribution in [3.63, 3.8) is 0 Å². The van der Waals surface area contributed by atoms with Gasteiger partial charge in [-0.25, -0.2) is 4.98 Å². The highest BCUT2D eigenvalue weighted by molar-refractivity contribution is 5.77.